The van der Waals surface area contributed by atoms with E-state index in [-0.39, 0.29) is 0 Å². The van der Waals surface area contributed by atoms with Crippen molar-refractivity contribution >= 4 is 28.5 Å². The molecule has 5 heteroatoms. The molecule has 0 aliphatic rings. The molecular weight excluding hydrogens is 304 g/mol. The van der Waals surface area contributed by atoms with E-state index in [2.05, 4.69) is 59.7 Å². The summed E-state index contributed by atoms with van der Waals surface area (Å²) < 4.78 is 0. The zero-order chi connectivity index (χ0) is 16.2. The van der Waals surface area contributed by atoms with E-state index in [9.17, 15) is 0 Å². The van der Waals surface area contributed by atoms with Gasteiger partial charge in [-0.3, -0.25) is 5.43 Å². The van der Waals surface area contributed by atoms with E-state index >= 15 is 0 Å². The molecule has 0 radical (unpaired) electrons. The van der Waals surface area contributed by atoms with Crippen LogP contribution < -0.4 is 11.2 Å². The lowest BCUT2D eigenvalue weighted by Gasteiger charge is -2.06. The number of nitrogens with two attached hydrogens (primary N) is 1. The van der Waals surface area contributed by atoms with Crippen molar-refractivity contribution < 1.29 is 0 Å². The second-order valence-electron chi connectivity index (χ2n) is 5.37. The van der Waals surface area contributed by atoms with Gasteiger partial charge in [-0.1, -0.05) is 42.5 Å². The highest BCUT2D eigenvalue weighted by Gasteiger charge is 2.00. The van der Waals surface area contributed by atoms with Gasteiger partial charge in [0, 0.05) is 5.38 Å². The summed E-state index contributed by atoms with van der Waals surface area (Å²) in [4.78, 5) is 4.08. The van der Waals surface area contributed by atoms with Gasteiger partial charge in [-0.2, -0.15) is 5.10 Å². The van der Waals surface area contributed by atoms with E-state index in [0.717, 1.165) is 5.56 Å². The van der Waals surface area contributed by atoms with Crippen molar-refractivity contribution in [2.24, 2.45) is 5.10 Å². The highest BCUT2D eigenvalue weighted by molar-refractivity contribution is 7.14. The number of hydrogen-bond donors (Lipinski definition) is 2. The number of hydrazone groups is 1. The Labute approximate surface area is 139 Å². The monoisotopic (exact) mass is 322 g/mol. The van der Waals surface area contributed by atoms with Gasteiger partial charge in [0.15, 0.2) is 0 Å². The van der Waals surface area contributed by atoms with Gasteiger partial charge in [-0.25, -0.2) is 4.98 Å². The first-order chi connectivity index (χ1) is 11.1. The number of aromatic nitrogens is 1. The fourth-order valence-corrected chi connectivity index (χ4v) is 2.73. The molecule has 0 amide bonds. The number of thiazole rings is 1. The van der Waals surface area contributed by atoms with Crippen LogP contribution in [-0.4, -0.2) is 11.2 Å². The smallest absolute Gasteiger partial charge is 0.205 e. The summed E-state index contributed by atoms with van der Waals surface area (Å²) in [7, 11) is 0. The molecule has 0 fully saturated rings. The van der Waals surface area contributed by atoms with Gasteiger partial charge in [-0.05, 0) is 41.7 Å². The fourth-order valence-electron chi connectivity index (χ4n) is 2.18. The molecule has 0 bridgehead atoms. The Balaban J connectivity index is 1.70. The van der Waals surface area contributed by atoms with Gasteiger partial charge in [-0.15, -0.1) is 11.3 Å². The number of aryl methyl sites for hydroxylation is 2. The number of hydrogen-bond acceptors (Lipinski definition) is 5. The van der Waals surface area contributed by atoms with Crippen LogP contribution >= 0.6 is 11.3 Å². The first kappa shape index (κ1) is 15.2. The molecule has 3 rings (SSSR count). The molecule has 3 aromatic rings. The SMILES string of the molecule is Cc1ccc(-c2ccc(C=NNc3nc(N)cs3)cc2)cc1C. The summed E-state index contributed by atoms with van der Waals surface area (Å²) in [6.07, 6.45) is 1.77. The molecular formula is C18H18N4S. The predicted octanol–water partition coefficient (Wildman–Crippen LogP) is 4.46. The number of nitrogens with one attached hydrogen (secondary N) is 1. The summed E-state index contributed by atoms with van der Waals surface area (Å²) in [6.45, 7) is 4.26. The highest BCUT2D eigenvalue weighted by Crippen LogP contribution is 2.22. The molecule has 23 heavy (non-hydrogen) atoms. The molecule has 1 aromatic heterocycles. The summed E-state index contributed by atoms with van der Waals surface area (Å²) in [5, 5.41) is 6.63. The van der Waals surface area contributed by atoms with Gasteiger partial charge >= 0.3 is 0 Å². The first-order valence-corrected chi connectivity index (χ1v) is 8.17. The van der Waals surface area contributed by atoms with Crippen LogP contribution in [-0.2, 0) is 0 Å². The molecule has 1 heterocycles. The van der Waals surface area contributed by atoms with Crippen molar-refractivity contribution in [3.63, 3.8) is 0 Å². The van der Waals surface area contributed by atoms with Crippen molar-refractivity contribution in [3.05, 3.63) is 64.5 Å². The Morgan fingerprint density at radius 2 is 1.78 bits per heavy atom. The Kier molecular flexibility index (Phi) is 4.39. The summed E-state index contributed by atoms with van der Waals surface area (Å²) in [6, 6.07) is 14.8. The number of nitrogen functional groups attached to an aromatic ring is 1. The Morgan fingerprint density at radius 1 is 1.04 bits per heavy atom. The second-order valence-corrected chi connectivity index (χ2v) is 6.23. The lowest BCUT2D eigenvalue weighted by Crippen LogP contribution is -1.91. The van der Waals surface area contributed by atoms with Crippen LogP contribution in [0.1, 0.15) is 16.7 Å². The largest absolute Gasteiger partial charge is 0.383 e. The van der Waals surface area contributed by atoms with Crippen molar-refractivity contribution in [2.45, 2.75) is 13.8 Å². The molecule has 116 valence electrons. The third-order valence-electron chi connectivity index (χ3n) is 3.65. The molecule has 0 saturated heterocycles. The Hall–Kier alpha value is -2.66. The van der Waals surface area contributed by atoms with E-state index in [1.54, 1.807) is 11.6 Å². The molecule has 0 aliphatic carbocycles. The summed E-state index contributed by atoms with van der Waals surface area (Å²) >= 11 is 1.43. The number of rotatable bonds is 4. The maximum Gasteiger partial charge on any atom is 0.205 e. The van der Waals surface area contributed by atoms with Crippen LogP contribution in [0.25, 0.3) is 11.1 Å². The lowest BCUT2D eigenvalue weighted by atomic mass is 10.00. The van der Waals surface area contributed by atoms with Crippen molar-refractivity contribution in [1.29, 1.82) is 0 Å². The Bertz CT molecular complexity index is 834. The average Bonchev–Trinajstić information content (AvgIpc) is 2.96. The number of anilines is 2. The third-order valence-corrected chi connectivity index (χ3v) is 4.41. The standard InChI is InChI=1S/C18H18N4S/c1-12-3-6-16(9-13(12)2)15-7-4-14(5-8-15)10-20-22-18-21-17(19)11-23-18/h3-11H,19H2,1-2H3,(H,21,22). The zero-order valence-electron chi connectivity index (χ0n) is 13.1. The van der Waals surface area contributed by atoms with Crippen molar-refractivity contribution in [3.8, 4) is 11.1 Å². The van der Waals surface area contributed by atoms with Crippen molar-refractivity contribution in [1.82, 2.24) is 4.98 Å². The molecule has 0 atom stereocenters. The topological polar surface area (TPSA) is 63.3 Å². The van der Waals surface area contributed by atoms with E-state index in [0.29, 0.717) is 10.9 Å². The molecule has 0 unspecified atom stereocenters. The van der Waals surface area contributed by atoms with Crippen LogP contribution in [0.4, 0.5) is 10.9 Å². The molecule has 2 aromatic carbocycles. The second kappa shape index (κ2) is 6.62. The maximum absolute atomic E-state index is 5.56. The minimum absolute atomic E-state index is 0.505. The molecule has 0 aliphatic heterocycles. The van der Waals surface area contributed by atoms with Gasteiger partial charge < -0.3 is 5.73 Å². The third kappa shape index (κ3) is 3.76. The number of benzene rings is 2. The Morgan fingerprint density at radius 3 is 2.43 bits per heavy atom. The minimum Gasteiger partial charge on any atom is -0.383 e. The van der Waals surface area contributed by atoms with Crippen LogP contribution in [0.15, 0.2) is 52.9 Å². The van der Waals surface area contributed by atoms with E-state index in [4.69, 9.17) is 5.73 Å². The van der Waals surface area contributed by atoms with Gasteiger partial charge in [0.25, 0.3) is 0 Å². The number of nitrogens with zero attached hydrogens (tertiary/aromatic N) is 2. The van der Waals surface area contributed by atoms with Crippen LogP contribution in [0.5, 0.6) is 0 Å². The lowest BCUT2D eigenvalue weighted by molar-refractivity contribution is 1.29. The van der Waals surface area contributed by atoms with Crippen LogP contribution in [0.2, 0.25) is 0 Å². The van der Waals surface area contributed by atoms with Gasteiger partial charge in [0.05, 0.1) is 6.21 Å². The predicted molar refractivity (Wildman–Crippen MR) is 99.1 cm³/mol. The first-order valence-electron chi connectivity index (χ1n) is 7.29. The highest BCUT2D eigenvalue weighted by atomic mass is 32.1. The average molecular weight is 322 g/mol. The minimum atomic E-state index is 0.505. The van der Waals surface area contributed by atoms with E-state index in [1.165, 1.54) is 33.6 Å². The van der Waals surface area contributed by atoms with E-state index < -0.39 is 0 Å². The molecule has 0 saturated carbocycles. The zero-order valence-corrected chi connectivity index (χ0v) is 13.9. The van der Waals surface area contributed by atoms with Crippen molar-refractivity contribution in [2.75, 3.05) is 11.2 Å². The molecule has 4 nitrogen and oxygen atoms in total. The summed E-state index contributed by atoms with van der Waals surface area (Å²) in [5.74, 6) is 0.505. The maximum atomic E-state index is 5.56. The van der Waals surface area contributed by atoms with Gasteiger partial charge in [0.2, 0.25) is 5.13 Å². The fraction of sp³-hybridized carbons (Fsp3) is 0.111. The molecule has 3 N–H and O–H groups in total. The van der Waals surface area contributed by atoms with Gasteiger partial charge in [0.1, 0.15) is 5.82 Å². The quantitative estimate of drug-likeness (QED) is 0.551. The normalized spacial score (nSPS) is 11.0. The molecule has 0 spiro atoms. The van der Waals surface area contributed by atoms with E-state index in [1.807, 2.05) is 12.1 Å². The van der Waals surface area contributed by atoms with Crippen LogP contribution in [0.3, 0.4) is 0 Å². The van der Waals surface area contributed by atoms with Crippen LogP contribution in [0, 0.1) is 13.8 Å². The summed E-state index contributed by atoms with van der Waals surface area (Å²) in [5.41, 5.74) is 14.5.